The lowest BCUT2D eigenvalue weighted by atomic mass is 10.2. The van der Waals surface area contributed by atoms with E-state index in [9.17, 15) is 15.0 Å². The van der Waals surface area contributed by atoms with Gasteiger partial charge in [0.05, 0.1) is 17.1 Å². The zero-order valence-corrected chi connectivity index (χ0v) is 10.8. The first-order valence-corrected chi connectivity index (χ1v) is 6.18. The van der Waals surface area contributed by atoms with Crippen molar-refractivity contribution in [3.8, 4) is 11.5 Å². The highest BCUT2D eigenvalue weighted by molar-refractivity contribution is 5.83. The Morgan fingerprint density at radius 2 is 1.95 bits per heavy atom. The van der Waals surface area contributed by atoms with Crippen LogP contribution in [0, 0.1) is 0 Å². The van der Waals surface area contributed by atoms with Gasteiger partial charge in [-0.3, -0.25) is 4.79 Å². The van der Waals surface area contributed by atoms with Crippen molar-refractivity contribution in [2.24, 2.45) is 5.10 Å². The maximum atomic E-state index is 12.2. The van der Waals surface area contributed by atoms with Crippen LogP contribution in [-0.2, 0) is 0 Å². The lowest BCUT2D eigenvalue weighted by Crippen LogP contribution is -2.16. The number of nitrogens with zero attached hydrogens (tertiary/aromatic N) is 3. The fourth-order valence-electron chi connectivity index (χ4n) is 1.91. The molecular formula is C15H11N3O3. The highest BCUT2D eigenvalue weighted by Crippen LogP contribution is 2.20. The van der Waals surface area contributed by atoms with E-state index in [1.807, 2.05) is 0 Å². The molecule has 2 N–H and O–H groups in total. The van der Waals surface area contributed by atoms with E-state index in [-0.39, 0.29) is 17.1 Å². The van der Waals surface area contributed by atoms with E-state index in [1.165, 1.54) is 30.7 Å². The molecule has 0 atom stereocenters. The number of hydrogen-bond acceptors (Lipinski definition) is 5. The van der Waals surface area contributed by atoms with Crippen molar-refractivity contribution in [3.63, 3.8) is 0 Å². The average Bonchev–Trinajstić information content (AvgIpc) is 2.48. The van der Waals surface area contributed by atoms with Crippen LogP contribution in [0.3, 0.4) is 0 Å². The number of phenolic OH excluding ortho intramolecular Hbond substituents is 2. The monoisotopic (exact) mass is 281 g/mol. The summed E-state index contributed by atoms with van der Waals surface area (Å²) < 4.78 is 1.09. The highest BCUT2D eigenvalue weighted by Gasteiger charge is 2.03. The van der Waals surface area contributed by atoms with Crippen LogP contribution in [0.5, 0.6) is 11.5 Å². The topological polar surface area (TPSA) is 87.7 Å². The largest absolute Gasteiger partial charge is 0.508 e. The molecule has 104 valence electrons. The SMILES string of the molecule is O=c1c2ccccc2ncn1/N=C/c1ccc(O)cc1O. The third-order valence-corrected chi connectivity index (χ3v) is 2.98. The van der Waals surface area contributed by atoms with Gasteiger partial charge in [0.25, 0.3) is 5.56 Å². The number of aromatic nitrogens is 2. The van der Waals surface area contributed by atoms with E-state index < -0.39 is 0 Å². The van der Waals surface area contributed by atoms with Gasteiger partial charge in [0.1, 0.15) is 17.8 Å². The lowest BCUT2D eigenvalue weighted by Gasteiger charge is -2.01. The Kier molecular flexibility index (Phi) is 3.12. The normalized spacial score (nSPS) is 11.2. The van der Waals surface area contributed by atoms with Crippen molar-refractivity contribution < 1.29 is 10.2 Å². The summed E-state index contributed by atoms with van der Waals surface area (Å²) in [5, 5.41) is 23.3. The van der Waals surface area contributed by atoms with Crippen LogP contribution in [0.15, 0.2) is 58.7 Å². The molecule has 0 radical (unpaired) electrons. The van der Waals surface area contributed by atoms with E-state index in [0.29, 0.717) is 16.5 Å². The van der Waals surface area contributed by atoms with Gasteiger partial charge in [-0.2, -0.15) is 9.78 Å². The van der Waals surface area contributed by atoms with E-state index in [2.05, 4.69) is 10.1 Å². The fourth-order valence-corrected chi connectivity index (χ4v) is 1.91. The summed E-state index contributed by atoms with van der Waals surface area (Å²) in [6.45, 7) is 0. The first-order chi connectivity index (χ1) is 10.1. The number of hydrogen-bond donors (Lipinski definition) is 2. The maximum Gasteiger partial charge on any atom is 0.281 e. The molecule has 0 unspecified atom stereocenters. The quantitative estimate of drug-likeness (QED) is 0.700. The number of benzene rings is 2. The molecule has 0 saturated carbocycles. The minimum absolute atomic E-state index is 0.0470. The molecule has 0 bridgehead atoms. The van der Waals surface area contributed by atoms with Crippen molar-refractivity contribution >= 4 is 17.1 Å². The van der Waals surface area contributed by atoms with E-state index in [4.69, 9.17) is 0 Å². The van der Waals surface area contributed by atoms with E-state index in [1.54, 1.807) is 24.3 Å². The molecule has 1 heterocycles. The first-order valence-electron chi connectivity index (χ1n) is 6.18. The van der Waals surface area contributed by atoms with Gasteiger partial charge in [-0.1, -0.05) is 12.1 Å². The number of para-hydroxylation sites is 1. The number of rotatable bonds is 2. The second kappa shape index (κ2) is 5.09. The average molecular weight is 281 g/mol. The highest BCUT2D eigenvalue weighted by atomic mass is 16.3. The summed E-state index contributed by atoms with van der Waals surface area (Å²) in [5.41, 5.74) is 0.685. The third-order valence-electron chi connectivity index (χ3n) is 2.98. The molecule has 6 heteroatoms. The number of phenols is 2. The van der Waals surface area contributed by atoms with E-state index in [0.717, 1.165) is 4.68 Å². The molecular weight excluding hydrogens is 270 g/mol. The third kappa shape index (κ3) is 2.46. The van der Waals surface area contributed by atoms with Crippen molar-refractivity contribution in [2.75, 3.05) is 0 Å². The lowest BCUT2D eigenvalue weighted by molar-refractivity contribution is 0.450. The Balaban J connectivity index is 2.03. The van der Waals surface area contributed by atoms with Gasteiger partial charge in [-0.15, -0.1) is 0 Å². The second-order valence-electron chi connectivity index (χ2n) is 4.40. The summed E-state index contributed by atoms with van der Waals surface area (Å²) in [4.78, 5) is 16.3. The van der Waals surface area contributed by atoms with Crippen molar-refractivity contribution in [3.05, 3.63) is 64.7 Å². The van der Waals surface area contributed by atoms with Gasteiger partial charge in [0.2, 0.25) is 0 Å². The maximum absolute atomic E-state index is 12.2. The Labute approximate surface area is 119 Å². The Morgan fingerprint density at radius 1 is 1.14 bits per heavy atom. The van der Waals surface area contributed by atoms with E-state index >= 15 is 0 Å². The molecule has 0 spiro atoms. The molecule has 2 aromatic carbocycles. The van der Waals surface area contributed by atoms with Crippen LogP contribution < -0.4 is 5.56 Å². The predicted octanol–water partition coefficient (Wildman–Crippen LogP) is 1.69. The van der Waals surface area contributed by atoms with Crippen LogP contribution in [0.25, 0.3) is 10.9 Å². The van der Waals surface area contributed by atoms with Gasteiger partial charge in [-0.25, -0.2) is 4.98 Å². The molecule has 0 aliphatic rings. The molecule has 21 heavy (non-hydrogen) atoms. The zero-order valence-electron chi connectivity index (χ0n) is 10.8. The molecule has 0 aliphatic carbocycles. The molecule has 0 fully saturated rings. The van der Waals surface area contributed by atoms with Crippen LogP contribution in [0.4, 0.5) is 0 Å². The zero-order chi connectivity index (χ0) is 14.8. The van der Waals surface area contributed by atoms with Gasteiger partial charge in [0, 0.05) is 11.6 Å². The first kappa shape index (κ1) is 12.9. The van der Waals surface area contributed by atoms with Crippen LogP contribution in [0.1, 0.15) is 5.56 Å². The fraction of sp³-hybridized carbons (Fsp3) is 0. The number of fused-ring (bicyclic) bond motifs is 1. The van der Waals surface area contributed by atoms with Gasteiger partial charge in [0.15, 0.2) is 0 Å². The molecule has 3 rings (SSSR count). The molecule has 1 aromatic heterocycles. The minimum Gasteiger partial charge on any atom is -0.508 e. The Hall–Kier alpha value is -3.15. The summed E-state index contributed by atoms with van der Waals surface area (Å²) in [7, 11) is 0. The van der Waals surface area contributed by atoms with Gasteiger partial charge < -0.3 is 10.2 Å². The summed E-state index contributed by atoms with van der Waals surface area (Å²) >= 11 is 0. The van der Waals surface area contributed by atoms with Gasteiger partial charge >= 0.3 is 0 Å². The smallest absolute Gasteiger partial charge is 0.281 e. The van der Waals surface area contributed by atoms with Crippen molar-refractivity contribution in [1.29, 1.82) is 0 Å². The molecule has 0 aliphatic heterocycles. The molecule has 0 saturated heterocycles. The van der Waals surface area contributed by atoms with Gasteiger partial charge in [-0.05, 0) is 24.3 Å². The van der Waals surface area contributed by atoms with Crippen LogP contribution in [-0.4, -0.2) is 26.1 Å². The minimum atomic E-state index is -0.296. The molecule has 0 amide bonds. The Morgan fingerprint density at radius 3 is 2.76 bits per heavy atom. The molecule has 3 aromatic rings. The second-order valence-corrected chi connectivity index (χ2v) is 4.40. The summed E-state index contributed by atoms with van der Waals surface area (Å²) in [6, 6.07) is 11.1. The standard InChI is InChI=1S/C15H11N3O3/c19-11-6-5-10(14(20)7-11)8-17-18-9-16-13-4-2-1-3-12(13)15(18)21/h1-9,19-20H/b17-8+. The Bertz CT molecular complexity index is 900. The molecule has 6 nitrogen and oxygen atoms in total. The number of aromatic hydroxyl groups is 2. The predicted molar refractivity (Wildman–Crippen MR) is 78.8 cm³/mol. The summed E-state index contributed by atoms with van der Waals surface area (Å²) in [6.07, 6.45) is 2.64. The summed E-state index contributed by atoms with van der Waals surface area (Å²) in [5.74, 6) is -0.172. The van der Waals surface area contributed by atoms with Crippen molar-refractivity contribution in [2.45, 2.75) is 0 Å². The van der Waals surface area contributed by atoms with Crippen LogP contribution in [0.2, 0.25) is 0 Å². The van der Waals surface area contributed by atoms with Crippen LogP contribution >= 0.6 is 0 Å². The van der Waals surface area contributed by atoms with Crippen molar-refractivity contribution in [1.82, 2.24) is 9.66 Å².